The average Bonchev–Trinajstić information content (AvgIpc) is 2.74. The van der Waals surface area contributed by atoms with Crippen molar-refractivity contribution in [1.82, 2.24) is 9.55 Å². The van der Waals surface area contributed by atoms with Crippen LogP contribution < -0.4 is 5.56 Å². The van der Waals surface area contributed by atoms with Gasteiger partial charge in [-0.05, 0) is 76.7 Å². The smallest absolute Gasteiger partial charge is 0.268 e. The molecule has 0 aliphatic rings. The first-order valence-electron chi connectivity index (χ1n) is 8.73. The number of benzene rings is 3. The summed E-state index contributed by atoms with van der Waals surface area (Å²) in [5, 5.41) is 11.4. The lowest BCUT2D eigenvalue weighted by molar-refractivity contribution is -0.384. The van der Waals surface area contributed by atoms with Crippen molar-refractivity contribution in [2.75, 3.05) is 0 Å². The molecule has 0 spiro atoms. The summed E-state index contributed by atoms with van der Waals surface area (Å²) in [6.45, 7) is 0. The molecule has 0 bridgehead atoms. The summed E-state index contributed by atoms with van der Waals surface area (Å²) in [6.07, 6.45) is 3.52. The highest BCUT2D eigenvalue weighted by Crippen LogP contribution is 2.18. The van der Waals surface area contributed by atoms with Gasteiger partial charge in [-0.1, -0.05) is 24.3 Å². The molecule has 0 aliphatic carbocycles. The Bertz CT molecular complexity index is 1300. The minimum atomic E-state index is -0.438. The summed E-state index contributed by atoms with van der Waals surface area (Å²) in [6, 6.07) is 21.1. The molecule has 3 aromatic carbocycles. The van der Waals surface area contributed by atoms with E-state index in [0.717, 1.165) is 9.13 Å². The number of hydrogen-bond donors (Lipinski definition) is 0. The van der Waals surface area contributed by atoms with Gasteiger partial charge in [-0.15, -0.1) is 0 Å². The van der Waals surface area contributed by atoms with Crippen molar-refractivity contribution in [3.8, 4) is 5.69 Å². The van der Waals surface area contributed by atoms with E-state index in [0.29, 0.717) is 22.4 Å². The molecule has 142 valence electrons. The number of aromatic nitrogens is 2. The Labute approximate surface area is 179 Å². The number of hydrogen-bond acceptors (Lipinski definition) is 4. The number of nitro groups is 1. The van der Waals surface area contributed by atoms with Gasteiger partial charge in [-0.2, -0.15) is 0 Å². The summed E-state index contributed by atoms with van der Waals surface area (Å²) in [4.78, 5) is 28.3. The number of rotatable bonds is 4. The van der Waals surface area contributed by atoms with E-state index >= 15 is 0 Å². The molecule has 29 heavy (non-hydrogen) atoms. The molecule has 0 radical (unpaired) electrons. The molecule has 0 saturated carbocycles. The number of fused-ring (bicyclic) bond motifs is 1. The van der Waals surface area contributed by atoms with Crippen LogP contribution in [0.25, 0.3) is 28.7 Å². The molecule has 0 unspecified atom stereocenters. The molecular formula is C22H14IN3O3. The van der Waals surface area contributed by atoms with Gasteiger partial charge in [-0.25, -0.2) is 4.98 Å². The highest BCUT2D eigenvalue weighted by atomic mass is 127. The zero-order valence-corrected chi connectivity index (χ0v) is 17.2. The molecule has 6 nitrogen and oxygen atoms in total. The third kappa shape index (κ3) is 3.95. The number of nitrogens with zero attached hydrogens (tertiary/aromatic N) is 3. The Balaban J connectivity index is 1.87. The second kappa shape index (κ2) is 7.96. The van der Waals surface area contributed by atoms with Crippen LogP contribution >= 0.6 is 22.6 Å². The van der Waals surface area contributed by atoms with E-state index in [1.165, 1.54) is 12.1 Å². The molecule has 0 atom stereocenters. The van der Waals surface area contributed by atoms with Crippen molar-refractivity contribution in [2.45, 2.75) is 0 Å². The van der Waals surface area contributed by atoms with Crippen LogP contribution in [0.3, 0.4) is 0 Å². The van der Waals surface area contributed by atoms with Crippen molar-refractivity contribution in [3.05, 3.63) is 108 Å². The normalized spacial score (nSPS) is 11.2. The summed E-state index contributed by atoms with van der Waals surface area (Å²) >= 11 is 2.17. The van der Waals surface area contributed by atoms with Crippen LogP contribution in [-0.4, -0.2) is 14.5 Å². The van der Waals surface area contributed by atoms with E-state index in [9.17, 15) is 14.9 Å². The Kier molecular flexibility index (Phi) is 5.22. The average molecular weight is 495 g/mol. The highest BCUT2D eigenvalue weighted by molar-refractivity contribution is 14.1. The van der Waals surface area contributed by atoms with Crippen molar-refractivity contribution < 1.29 is 4.92 Å². The zero-order valence-electron chi connectivity index (χ0n) is 15.0. The van der Waals surface area contributed by atoms with Gasteiger partial charge in [0.25, 0.3) is 11.2 Å². The summed E-state index contributed by atoms with van der Waals surface area (Å²) in [7, 11) is 0. The van der Waals surface area contributed by atoms with Gasteiger partial charge in [0.05, 0.1) is 21.5 Å². The minimum absolute atomic E-state index is 0.0294. The summed E-state index contributed by atoms with van der Waals surface area (Å²) < 4.78 is 2.53. The molecule has 4 aromatic rings. The Morgan fingerprint density at radius 1 is 0.966 bits per heavy atom. The predicted octanol–water partition coefficient (Wildman–Crippen LogP) is 5.07. The lowest BCUT2D eigenvalue weighted by atomic mass is 10.2. The number of non-ortho nitro benzene ring substituents is 1. The largest absolute Gasteiger partial charge is 0.269 e. The highest BCUT2D eigenvalue weighted by Gasteiger charge is 2.11. The third-order valence-corrected chi connectivity index (χ3v) is 5.07. The van der Waals surface area contributed by atoms with Gasteiger partial charge in [-0.3, -0.25) is 19.5 Å². The van der Waals surface area contributed by atoms with E-state index < -0.39 is 4.92 Å². The first-order valence-corrected chi connectivity index (χ1v) is 9.81. The maximum absolute atomic E-state index is 13.2. The van der Waals surface area contributed by atoms with Crippen molar-refractivity contribution in [2.24, 2.45) is 0 Å². The van der Waals surface area contributed by atoms with E-state index in [-0.39, 0.29) is 11.2 Å². The molecular weight excluding hydrogens is 481 g/mol. The van der Waals surface area contributed by atoms with Crippen molar-refractivity contribution >= 4 is 51.3 Å². The quantitative estimate of drug-likeness (QED) is 0.225. The molecule has 0 amide bonds. The molecule has 0 saturated heterocycles. The van der Waals surface area contributed by atoms with Crippen LogP contribution in [0, 0.1) is 13.7 Å². The molecule has 1 aromatic heterocycles. The van der Waals surface area contributed by atoms with E-state index in [2.05, 4.69) is 27.6 Å². The van der Waals surface area contributed by atoms with Crippen LogP contribution in [0.15, 0.2) is 77.6 Å². The first-order chi connectivity index (χ1) is 14.0. The second-order valence-corrected chi connectivity index (χ2v) is 7.54. The van der Waals surface area contributed by atoms with Crippen molar-refractivity contribution in [1.29, 1.82) is 0 Å². The maximum Gasteiger partial charge on any atom is 0.269 e. The van der Waals surface area contributed by atoms with Gasteiger partial charge < -0.3 is 0 Å². The van der Waals surface area contributed by atoms with Gasteiger partial charge in [0.15, 0.2) is 0 Å². The Morgan fingerprint density at radius 3 is 2.38 bits per heavy atom. The standard InChI is InChI=1S/C22H14IN3O3/c23-16-9-12-20-19(14-16)22(27)25(17-4-2-1-3-5-17)21(24-20)13-8-15-6-10-18(11-7-15)26(28)29/h1-14H/b13-8+. The molecule has 7 heteroatoms. The fourth-order valence-electron chi connectivity index (χ4n) is 2.99. The SMILES string of the molecule is O=c1c2cc(I)ccc2nc(/C=C/c2ccc([N+](=O)[O-])cc2)n1-c1ccccc1. The lowest BCUT2D eigenvalue weighted by Crippen LogP contribution is -2.22. The Morgan fingerprint density at radius 2 is 1.69 bits per heavy atom. The summed E-state index contributed by atoms with van der Waals surface area (Å²) in [5.74, 6) is 0.480. The lowest BCUT2D eigenvalue weighted by Gasteiger charge is -2.11. The summed E-state index contributed by atoms with van der Waals surface area (Å²) in [5.41, 5.74) is 1.98. The zero-order chi connectivity index (χ0) is 20.4. The molecule has 0 fully saturated rings. The number of halogens is 1. The topological polar surface area (TPSA) is 78.0 Å². The second-order valence-electron chi connectivity index (χ2n) is 6.29. The van der Waals surface area contributed by atoms with E-state index in [1.807, 2.05) is 48.5 Å². The van der Waals surface area contributed by atoms with Gasteiger partial charge in [0.1, 0.15) is 5.82 Å². The van der Waals surface area contributed by atoms with E-state index in [4.69, 9.17) is 0 Å². The first kappa shape index (κ1) is 19.0. The predicted molar refractivity (Wildman–Crippen MR) is 122 cm³/mol. The van der Waals surface area contributed by atoms with Crippen LogP contribution in [0.1, 0.15) is 11.4 Å². The van der Waals surface area contributed by atoms with Crippen LogP contribution in [0.5, 0.6) is 0 Å². The molecule has 0 aliphatic heterocycles. The Hall–Kier alpha value is -3.33. The molecule has 4 rings (SSSR count). The van der Waals surface area contributed by atoms with Gasteiger partial charge in [0, 0.05) is 15.7 Å². The molecule has 1 heterocycles. The van der Waals surface area contributed by atoms with Crippen LogP contribution in [0.2, 0.25) is 0 Å². The molecule has 0 N–H and O–H groups in total. The third-order valence-electron chi connectivity index (χ3n) is 4.40. The fraction of sp³-hybridized carbons (Fsp3) is 0. The van der Waals surface area contributed by atoms with Gasteiger partial charge >= 0.3 is 0 Å². The number of para-hydroxylation sites is 1. The maximum atomic E-state index is 13.2. The number of nitro benzene ring substituents is 1. The van der Waals surface area contributed by atoms with Crippen LogP contribution in [0.4, 0.5) is 5.69 Å². The van der Waals surface area contributed by atoms with Crippen LogP contribution in [-0.2, 0) is 0 Å². The van der Waals surface area contributed by atoms with E-state index in [1.54, 1.807) is 28.9 Å². The van der Waals surface area contributed by atoms with Gasteiger partial charge in [0.2, 0.25) is 0 Å². The minimum Gasteiger partial charge on any atom is -0.268 e. The fourth-order valence-corrected chi connectivity index (χ4v) is 3.48. The van der Waals surface area contributed by atoms with Crippen molar-refractivity contribution in [3.63, 3.8) is 0 Å². The monoisotopic (exact) mass is 495 g/mol.